The number of aryl methyl sites for hydroxylation is 1. The SMILES string of the molecule is Cc1ccc(CN(CCN(C)C)Cc2ccc(C3CCCCO3)o2)s1. The van der Waals surface area contributed by atoms with E-state index in [1.807, 2.05) is 11.3 Å². The van der Waals surface area contributed by atoms with Crippen molar-refractivity contribution in [1.29, 1.82) is 0 Å². The van der Waals surface area contributed by atoms with E-state index in [-0.39, 0.29) is 6.10 Å². The lowest BCUT2D eigenvalue weighted by Crippen LogP contribution is -2.30. The highest BCUT2D eigenvalue weighted by molar-refractivity contribution is 7.11. The maximum Gasteiger partial charge on any atom is 0.133 e. The Balaban J connectivity index is 1.63. The van der Waals surface area contributed by atoms with Gasteiger partial charge in [0.15, 0.2) is 0 Å². The molecular weight excluding hydrogens is 332 g/mol. The fraction of sp³-hybridized carbons (Fsp3) is 0.600. The van der Waals surface area contributed by atoms with Crippen LogP contribution < -0.4 is 0 Å². The molecule has 1 unspecified atom stereocenters. The average Bonchev–Trinajstić information content (AvgIpc) is 3.22. The van der Waals surface area contributed by atoms with Gasteiger partial charge in [0.1, 0.15) is 17.6 Å². The van der Waals surface area contributed by atoms with E-state index >= 15 is 0 Å². The summed E-state index contributed by atoms with van der Waals surface area (Å²) in [6, 6.07) is 8.67. The molecule has 1 aliphatic heterocycles. The number of rotatable bonds is 8. The molecule has 1 saturated heterocycles. The molecule has 1 aliphatic rings. The van der Waals surface area contributed by atoms with Gasteiger partial charge in [-0.1, -0.05) is 0 Å². The van der Waals surface area contributed by atoms with E-state index in [1.54, 1.807) is 0 Å². The van der Waals surface area contributed by atoms with E-state index in [0.29, 0.717) is 0 Å². The van der Waals surface area contributed by atoms with Gasteiger partial charge in [0.05, 0.1) is 6.54 Å². The minimum absolute atomic E-state index is 0.151. The van der Waals surface area contributed by atoms with Gasteiger partial charge in [-0.25, -0.2) is 0 Å². The Hall–Kier alpha value is -1.14. The maximum absolute atomic E-state index is 6.13. The van der Waals surface area contributed by atoms with Crippen LogP contribution in [0.15, 0.2) is 28.7 Å². The maximum atomic E-state index is 6.13. The second-order valence-electron chi connectivity index (χ2n) is 7.19. The zero-order valence-corrected chi connectivity index (χ0v) is 16.5. The number of likely N-dealkylation sites (N-methyl/N-ethyl adjacent to an activating group) is 1. The molecule has 0 aromatic carbocycles. The first-order valence-electron chi connectivity index (χ1n) is 9.23. The molecule has 1 atom stereocenters. The van der Waals surface area contributed by atoms with Crippen molar-refractivity contribution in [3.05, 3.63) is 45.5 Å². The molecule has 0 aliphatic carbocycles. The number of furan rings is 1. The van der Waals surface area contributed by atoms with Crippen LogP contribution in [0.2, 0.25) is 0 Å². The van der Waals surface area contributed by atoms with E-state index in [9.17, 15) is 0 Å². The summed E-state index contributed by atoms with van der Waals surface area (Å²) < 4.78 is 12.0. The van der Waals surface area contributed by atoms with Crippen LogP contribution in [0.1, 0.15) is 46.6 Å². The van der Waals surface area contributed by atoms with Crippen molar-refractivity contribution in [3.8, 4) is 0 Å². The van der Waals surface area contributed by atoms with E-state index < -0.39 is 0 Å². The lowest BCUT2D eigenvalue weighted by molar-refractivity contribution is 0.000804. The third-order valence-corrected chi connectivity index (χ3v) is 5.58. The summed E-state index contributed by atoms with van der Waals surface area (Å²) in [6.07, 6.45) is 3.62. The standard InChI is InChI=1S/C20H30N2O2S/c1-16-7-9-18(25-16)15-22(12-11-21(2)3)14-17-8-10-20(24-17)19-6-4-5-13-23-19/h7-10,19H,4-6,11-15H2,1-3H3. The van der Waals surface area contributed by atoms with Crippen LogP contribution in [-0.4, -0.2) is 43.6 Å². The van der Waals surface area contributed by atoms with Gasteiger partial charge >= 0.3 is 0 Å². The fourth-order valence-electron chi connectivity index (χ4n) is 3.18. The summed E-state index contributed by atoms with van der Waals surface area (Å²) in [5.41, 5.74) is 0. The monoisotopic (exact) mass is 362 g/mol. The Morgan fingerprint density at radius 3 is 2.64 bits per heavy atom. The van der Waals surface area contributed by atoms with Gasteiger partial charge in [-0.3, -0.25) is 4.90 Å². The molecule has 0 bridgehead atoms. The van der Waals surface area contributed by atoms with Gasteiger partial charge in [-0.15, -0.1) is 11.3 Å². The summed E-state index contributed by atoms with van der Waals surface area (Å²) in [7, 11) is 4.25. The van der Waals surface area contributed by atoms with E-state index in [4.69, 9.17) is 9.15 Å². The lowest BCUT2D eigenvalue weighted by atomic mass is 10.1. The van der Waals surface area contributed by atoms with Gasteiger partial charge in [0.25, 0.3) is 0 Å². The summed E-state index contributed by atoms with van der Waals surface area (Å²) in [5, 5.41) is 0. The molecule has 0 amide bonds. The van der Waals surface area contributed by atoms with Crippen LogP contribution in [0.25, 0.3) is 0 Å². The summed E-state index contributed by atoms with van der Waals surface area (Å²) >= 11 is 1.88. The van der Waals surface area contributed by atoms with Crippen LogP contribution in [0.4, 0.5) is 0 Å². The van der Waals surface area contributed by atoms with Gasteiger partial charge < -0.3 is 14.1 Å². The molecule has 0 spiro atoms. The normalized spacial score (nSPS) is 18.4. The molecule has 3 heterocycles. The van der Waals surface area contributed by atoms with Gasteiger partial charge in [0.2, 0.25) is 0 Å². The predicted octanol–water partition coefficient (Wildman–Crippen LogP) is 4.45. The molecule has 0 N–H and O–H groups in total. The van der Waals surface area contributed by atoms with Crippen LogP contribution in [0.5, 0.6) is 0 Å². The Kier molecular flexibility index (Phi) is 6.70. The summed E-state index contributed by atoms with van der Waals surface area (Å²) in [5.74, 6) is 2.03. The number of hydrogen-bond donors (Lipinski definition) is 0. The molecular formula is C20H30N2O2S. The number of ether oxygens (including phenoxy) is 1. The summed E-state index contributed by atoms with van der Waals surface area (Å²) in [4.78, 5) is 7.49. The molecule has 3 rings (SSSR count). The number of thiophene rings is 1. The number of hydrogen-bond acceptors (Lipinski definition) is 5. The fourth-order valence-corrected chi connectivity index (χ4v) is 4.12. The minimum Gasteiger partial charge on any atom is -0.462 e. The second kappa shape index (κ2) is 8.99. The van der Waals surface area contributed by atoms with Crippen molar-refractivity contribution in [2.45, 2.75) is 45.4 Å². The topological polar surface area (TPSA) is 28.9 Å². The minimum atomic E-state index is 0.151. The predicted molar refractivity (Wildman–Crippen MR) is 103 cm³/mol. The van der Waals surface area contributed by atoms with Crippen LogP contribution in [-0.2, 0) is 17.8 Å². The average molecular weight is 363 g/mol. The Morgan fingerprint density at radius 1 is 1.08 bits per heavy atom. The first kappa shape index (κ1) is 18.6. The van der Waals surface area contributed by atoms with Crippen LogP contribution in [0.3, 0.4) is 0 Å². The van der Waals surface area contributed by atoms with E-state index in [1.165, 1.54) is 22.6 Å². The molecule has 2 aromatic rings. The Morgan fingerprint density at radius 2 is 1.96 bits per heavy atom. The lowest BCUT2D eigenvalue weighted by Gasteiger charge is -2.23. The van der Waals surface area contributed by atoms with Crippen molar-refractivity contribution < 1.29 is 9.15 Å². The zero-order valence-electron chi connectivity index (χ0n) is 15.7. The molecule has 2 aromatic heterocycles. The van der Waals surface area contributed by atoms with Crippen LogP contribution in [0, 0.1) is 6.92 Å². The molecule has 0 saturated carbocycles. The molecule has 138 valence electrons. The van der Waals surface area contributed by atoms with Gasteiger partial charge in [0, 0.05) is 36.0 Å². The second-order valence-corrected chi connectivity index (χ2v) is 8.56. The molecule has 0 radical (unpaired) electrons. The highest BCUT2D eigenvalue weighted by atomic mass is 32.1. The van der Waals surface area contributed by atoms with E-state index in [2.05, 4.69) is 55.1 Å². The highest BCUT2D eigenvalue weighted by Crippen LogP contribution is 2.29. The third-order valence-electron chi connectivity index (χ3n) is 4.60. The van der Waals surface area contributed by atoms with Crippen molar-refractivity contribution >= 4 is 11.3 Å². The summed E-state index contributed by atoms with van der Waals surface area (Å²) in [6.45, 7) is 6.91. The van der Waals surface area contributed by atoms with Crippen molar-refractivity contribution in [1.82, 2.24) is 9.80 Å². The largest absolute Gasteiger partial charge is 0.462 e. The Bertz CT molecular complexity index is 644. The third kappa shape index (κ3) is 5.68. The smallest absolute Gasteiger partial charge is 0.133 e. The molecule has 5 heteroatoms. The molecule has 4 nitrogen and oxygen atoms in total. The van der Waals surface area contributed by atoms with Crippen molar-refractivity contribution in [3.63, 3.8) is 0 Å². The van der Waals surface area contributed by atoms with E-state index in [0.717, 1.165) is 50.7 Å². The first-order chi connectivity index (χ1) is 12.1. The molecule has 1 fully saturated rings. The van der Waals surface area contributed by atoms with Gasteiger partial charge in [-0.05, 0) is 64.5 Å². The quantitative estimate of drug-likeness (QED) is 0.693. The van der Waals surface area contributed by atoms with Crippen molar-refractivity contribution in [2.75, 3.05) is 33.8 Å². The van der Waals surface area contributed by atoms with Gasteiger partial charge in [-0.2, -0.15) is 0 Å². The van der Waals surface area contributed by atoms with Crippen molar-refractivity contribution in [2.24, 2.45) is 0 Å². The van der Waals surface area contributed by atoms with Crippen LogP contribution >= 0.6 is 11.3 Å². The Labute approximate surface area is 155 Å². The highest BCUT2D eigenvalue weighted by Gasteiger charge is 2.20. The zero-order chi connectivity index (χ0) is 17.6. The molecule has 25 heavy (non-hydrogen) atoms. The first-order valence-corrected chi connectivity index (χ1v) is 10.0. The number of nitrogens with zero attached hydrogens (tertiary/aromatic N) is 2.